The van der Waals surface area contributed by atoms with E-state index in [1.165, 1.54) is 11.3 Å². The summed E-state index contributed by atoms with van der Waals surface area (Å²) in [4.78, 5) is 16.9. The van der Waals surface area contributed by atoms with Gasteiger partial charge < -0.3 is 21.1 Å². The van der Waals surface area contributed by atoms with Crippen molar-refractivity contribution in [2.45, 2.75) is 45.8 Å². The van der Waals surface area contributed by atoms with Gasteiger partial charge in [0.25, 0.3) is 5.91 Å². The molecule has 1 fully saturated rings. The Labute approximate surface area is 129 Å². The monoisotopic (exact) mass is 312 g/mol. The van der Waals surface area contributed by atoms with Crippen LogP contribution in [0.25, 0.3) is 0 Å². The standard InChI is InChI=1S/C14H24N4O2S/c1-4-20-10-5-9(6-10)17-13(19)11-12(15)18-14(21-11)16-7-8(2)3/h8-10H,4-7,15H2,1-3H3,(H,16,18)(H,17,19). The maximum absolute atomic E-state index is 12.2. The Bertz CT molecular complexity index is 483. The molecule has 4 N–H and O–H groups in total. The van der Waals surface area contributed by atoms with Gasteiger partial charge in [-0.1, -0.05) is 25.2 Å². The number of nitrogens with one attached hydrogen (secondary N) is 2. The molecule has 21 heavy (non-hydrogen) atoms. The molecule has 0 radical (unpaired) electrons. The molecule has 0 unspecified atom stereocenters. The Kier molecular flexibility index (Phi) is 5.41. The minimum atomic E-state index is -0.137. The Morgan fingerprint density at radius 2 is 2.24 bits per heavy atom. The van der Waals surface area contributed by atoms with Crippen molar-refractivity contribution in [1.82, 2.24) is 10.3 Å². The minimum absolute atomic E-state index is 0.137. The third kappa shape index (κ3) is 4.31. The highest BCUT2D eigenvalue weighted by Gasteiger charge is 2.31. The summed E-state index contributed by atoms with van der Waals surface area (Å²) < 4.78 is 5.48. The predicted octanol–water partition coefficient (Wildman–Crippen LogP) is 2.09. The van der Waals surface area contributed by atoms with E-state index in [-0.39, 0.29) is 18.1 Å². The van der Waals surface area contributed by atoms with Crippen molar-refractivity contribution in [3.63, 3.8) is 0 Å². The summed E-state index contributed by atoms with van der Waals surface area (Å²) in [5, 5.41) is 6.88. The average Bonchev–Trinajstić information content (AvgIpc) is 2.75. The van der Waals surface area contributed by atoms with Gasteiger partial charge in [-0.25, -0.2) is 4.98 Å². The van der Waals surface area contributed by atoms with E-state index in [4.69, 9.17) is 10.5 Å². The molecule has 2 rings (SSSR count). The Morgan fingerprint density at radius 1 is 1.52 bits per heavy atom. The van der Waals surface area contributed by atoms with Crippen LogP contribution in [0.1, 0.15) is 43.3 Å². The van der Waals surface area contributed by atoms with Crippen LogP contribution in [0, 0.1) is 5.92 Å². The number of anilines is 2. The van der Waals surface area contributed by atoms with Gasteiger partial charge in [-0.2, -0.15) is 0 Å². The second-order valence-electron chi connectivity index (χ2n) is 5.73. The number of aromatic nitrogens is 1. The Morgan fingerprint density at radius 3 is 2.86 bits per heavy atom. The third-order valence-electron chi connectivity index (χ3n) is 3.35. The van der Waals surface area contributed by atoms with Gasteiger partial charge in [0, 0.05) is 19.2 Å². The number of amides is 1. The topological polar surface area (TPSA) is 89.3 Å². The number of ether oxygens (including phenoxy) is 1. The van der Waals surface area contributed by atoms with Gasteiger partial charge in [0.2, 0.25) is 0 Å². The molecular formula is C14H24N4O2S. The van der Waals surface area contributed by atoms with Crippen LogP contribution in [0.4, 0.5) is 10.9 Å². The molecule has 1 aromatic rings. The number of carbonyl (C=O) groups excluding carboxylic acids is 1. The number of hydrogen-bond acceptors (Lipinski definition) is 6. The fourth-order valence-electron chi connectivity index (χ4n) is 2.17. The molecule has 118 valence electrons. The lowest BCUT2D eigenvalue weighted by Gasteiger charge is -2.35. The normalized spacial score (nSPS) is 21.1. The maximum atomic E-state index is 12.2. The first-order valence-electron chi connectivity index (χ1n) is 7.42. The predicted molar refractivity (Wildman–Crippen MR) is 85.8 cm³/mol. The summed E-state index contributed by atoms with van der Waals surface area (Å²) in [6.45, 7) is 7.74. The van der Waals surface area contributed by atoms with Crippen molar-refractivity contribution >= 4 is 28.2 Å². The summed E-state index contributed by atoms with van der Waals surface area (Å²) >= 11 is 1.31. The summed E-state index contributed by atoms with van der Waals surface area (Å²) in [7, 11) is 0. The summed E-state index contributed by atoms with van der Waals surface area (Å²) in [5.41, 5.74) is 5.83. The van der Waals surface area contributed by atoms with Gasteiger partial charge in [-0.05, 0) is 25.7 Å². The molecule has 6 nitrogen and oxygen atoms in total. The van der Waals surface area contributed by atoms with Crippen LogP contribution in [0.15, 0.2) is 0 Å². The zero-order valence-corrected chi connectivity index (χ0v) is 13.6. The first kappa shape index (κ1) is 16.0. The van der Waals surface area contributed by atoms with E-state index in [0.717, 1.165) is 26.0 Å². The lowest BCUT2D eigenvalue weighted by molar-refractivity contribution is -0.00858. The highest BCUT2D eigenvalue weighted by molar-refractivity contribution is 7.18. The van der Waals surface area contributed by atoms with Gasteiger partial charge in [-0.15, -0.1) is 0 Å². The van der Waals surface area contributed by atoms with E-state index >= 15 is 0 Å². The van der Waals surface area contributed by atoms with E-state index < -0.39 is 0 Å². The molecule has 1 aromatic heterocycles. The lowest BCUT2D eigenvalue weighted by Crippen LogP contribution is -2.47. The van der Waals surface area contributed by atoms with E-state index in [2.05, 4.69) is 29.5 Å². The second kappa shape index (κ2) is 7.09. The van der Waals surface area contributed by atoms with Crippen LogP contribution in [0.5, 0.6) is 0 Å². The molecule has 1 amide bonds. The van der Waals surface area contributed by atoms with Crippen LogP contribution in [-0.2, 0) is 4.74 Å². The van der Waals surface area contributed by atoms with Gasteiger partial charge in [0.1, 0.15) is 10.7 Å². The molecule has 0 atom stereocenters. The molecule has 0 aromatic carbocycles. The van der Waals surface area contributed by atoms with Gasteiger partial charge >= 0.3 is 0 Å². The van der Waals surface area contributed by atoms with Crippen molar-refractivity contribution in [2.24, 2.45) is 5.92 Å². The van der Waals surface area contributed by atoms with Gasteiger partial charge in [0.15, 0.2) is 5.13 Å². The van der Waals surface area contributed by atoms with E-state index in [0.29, 0.717) is 21.7 Å². The van der Waals surface area contributed by atoms with Crippen LogP contribution in [0.2, 0.25) is 0 Å². The number of nitrogens with two attached hydrogens (primary N) is 1. The van der Waals surface area contributed by atoms with Crippen molar-refractivity contribution in [1.29, 1.82) is 0 Å². The van der Waals surface area contributed by atoms with E-state index in [9.17, 15) is 4.79 Å². The molecule has 1 aliphatic rings. The zero-order valence-electron chi connectivity index (χ0n) is 12.8. The average molecular weight is 312 g/mol. The van der Waals surface area contributed by atoms with Crippen molar-refractivity contribution < 1.29 is 9.53 Å². The minimum Gasteiger partial charge on any atom is -0.382 e. The number of hydrogen-bond donors (Lipinski definition) is 3. The molecule has 1 saturated carbocycles. The van der Waals surface area contributed by atoms with E-state index in [1.54, 1.807) is 0 Å². The summed E-state index contributed by atoms with van der Waals surface area (Å²) in [6.07, 6.45) is 2.02. The summed E-state index contributed by atoms with van der Waals surface area (Å²) in [6, 6.07) is 0.183. The van der Waals surface area contributed by atoms with Crippen molar-refractivity contribution in [3.05, 3.63) is 4.88 Å². The quantitative estimate of drug-likeness (QED) is 0.717. The molecule has 0 spiro atoms. The molecule has 0 saturated heterocycles. The van der Waals surface area contributed by atoms with Crippen molar-refractivity contribution in [3.8, 4) is 0 Å². The number of rotatable bonds is 7. The smallest absolute Gasteiger partial charge is 0.265 e. The van der Waals surface area contributed by atoms with Gasteiger partial charge in [0.05, 0.1) is 6.10 Å². The molecular weight excluding hydrogens is 288 g/mol. The summed E-state index contributed by atoms with van der Waals surface area (Å²) in [5.74, 6) is 0.671. The largest absolute Gasteiger partial charge is 0.382 e. The highest BCUT2D eigenvalue weighted by atomic mass is 32.1. The van der Waals surface area contributed by atoms with Gasteiger partial charge in [-0.3, -0.25) is 4.79 Å². The molecule has 0 aliphatic heterocycles. The van der Waals surface area contributed by atoms with Crippen LogP contribution in [0.3, 0.4) is 0 Å². The van der Waals surface area contributed by atoms with Crippen LogP contribution in [-0.4, -0.2) is 36.2 Å². The fourth-order valence-corrected chi connectivity index (χ4v) is 2.96. The lowest BCUT2D eigenvalue weighted by atomic mass is 9.89. The first-order valence-corrected chi connectivity index (χ1v) is 8.23. The fraction of sp³-hybridized carbons (Fsp3) is 0.714. The maximum Gasteiger partial charge on any atom is 0.265 e. The molecule has 7 heteroatoms. The van der Waals surface area contributed by atoms with E-state index in [1.807, 2.05) is 6.92 Å². The molecule has 1 aliphatic carbocycles. The highest BCUT2D eigenvalue weighted by Crippen LogP contribution is 2.27. The van der Waals surface area contributed by atoms with Crippen LogP contribution >= 0.6 is 11.3 Å². The Balaban J connectivity index is 1.85. The SMILES string of the molecule is CCOC1CC(NC(=O)c2sc(NCC(C)C)nc2N)C1. The number of thiazole rings is 1. The third-order valence-corrected chi connectivity index (χ3v) is 4.38. The zero-order chi connectivity index (χ0) is 15.4. The number of nitrogens with zero attached hydrogens (tertiary/aromatic N) is 1. The van der Waals surface area contributed by atoms with Crippen molar-refractivity contribution in [2.75, 3.05) is 24.2 Å². The Hall–Kier alpha value is -1.34. The molecule has 0 bridgehead atoms. The molecule has 1 heterocycles. The first-order chi connectivity index (χ1) is 9.99. The number of nitrogen functional groups attached to an aromatic ring is 1. The number of carbonyl (C=O) groups is 1. The second-order valence-corrected chi connectivity index (χ2v) is 6.73. The van der Waals surface area contributed by atoms with Crippen LogP contribution < -0.4 is 16.4 Å².